The minimum absolute atomic E-state index is 0.183. The lowest BCUT2D eigenvalue weighted by molar-refractivity contribution is -0.145. The molecule has 5 heteroatoms. The molecule has 36 heavy (non-hydrogen) atoms. The molecule has 0 spiro atoms. The molecule has 0 aliphatic carbocycles. The molecule has 1 atom stereocenters. The first-order valence-corrected chi connectivity index (χ1v) is 11.6. The van der Waals surface area contributed by atoms with Crippen molar-refractivity contribution in [3.63, 3.8) is 0 Å². The van der Waals surface area contributed by atoms with E-state index < -0.39 is 17.4 Å². The first-order valence-electron chi connectivity index (χ1n) is 11.6. The largest absolute Gasteiger partial charge is 0.467 e. The Hall–Kier alpha value is -4.69. The van der Waals surface area contributed by atoms with Crippen LogP contribution in [0.15, 0.2) is 115 Å². The van der Waals surface area contributed by atoms with Gasteiger partial charge in [-0.25, -0.2) is 4.79 Å². The van der Waals surface area contributed by atoms with E-state index in [1.165, 1.54) is 7.11 Å². The number of methoxy groups -OCH3 is 1. The molecule has 1 amide bonds. The zero-order valence-corrected chi connectivity index (χ0v) is 19.9. The molecule has 0 radical (unpaired) electrons. The molecule has 0 fully saturated rings. The second-order valence-corrected chi connectivity index (χ2v) is 8.41. The second-order valence-electron chi connectivity index (χ2n) is 8.41. The number of nitrogens with zero attached hydrogens (tertiary/aromatic N) is 1. The Balaban J connectivity index is 1.84. The SMILES string of the molecule is COC(=O)[C@H](Cc1cccc(C#N)c1)NC(=O)C(c1ccccc1)(c1ccccc1)c1ccccc1. The number of rotatable bonds is 8. The minimum Gasteiger partial charge on any atom is -0.467 e. The van der Waals surface area contributed by atoms with Gasteiger partial charge in [-0.1, -0.05) is 103 Å². The Labute approximate surface area is 211 Å². The zero-order chi connectivity index (χ0) is 25.4. The predicted molar refractivity (Wildman–Crippen MR) is 138 cm³/mol. The second kappa shape index (κ2) is 11.2. The van der Waals surface area contributed by atoms with E-state index >= 15 is 0 Å². The molecule has 0 saturated carbocycles. The highest BCUT2D eigenvalue weighted by Crippen LogP contribution is 2.39. The van der Waals surface area contributed by atoms with E-state index in [0.29, 0.717) is 5.56 Å². The monoisotopic (exact) mass is 474 g/mol. The predicted octanol–water partition coefficient (Wildman–Crippen LogP) is 4.79. The number of hydrogen-bond acceptors (Lipinski definition) is 4. The molecular weight excluding hydrogens is 448 g/mol. The van der Waals surface area contributed by atoms with Crippen molar-refractivity contribution in [1.82, 2.24) is 5.32 Å². The number of ether oxygens (including phenoxy) is 1. The molecular formula is C31H26N2O3. The number of hydrogen-bond donors (Lipinski definition) is 1. The highest BCUT2D eigenvalue weighted by Gasteiger charge is 2.45. The van der Waals surface area contributed by atoms with Crippen LogP contribution in [-0.2, 0) is 26.2 Å². The van der Waals surface area contributed by atoms with E-state index in [4.69, 9.17) is 4.74 Å². The van der Waals surface area contributed by atoms with Gasteiger partial charge in [-0.2, -0.15) is 5.26 Å². The summed E-state index contributed by atoms with van der Waals surface area (Å²) >= 11 is 0. The molecule has 5 nitrogen and oxygen atoms in total. The van der Waals surface area contributed by atoms with Crippen LogP contribution in [0.3, 0.4) is 0 Å². The maximum absolute atomic E-state index is 14.4. The van der Waals surface area contributed by atoms with Gasteiger partial charge in [-0.15, -0.1) is 0 Å². The van der Waals surface area contributed by atoms with Crippen molar-refractivity contribution in [2.75, 3.05) is 7.11 Å². The molecule has 0 bridgehead atoms. The van der Waals surface area contributed by atoms with Gasteiger partial charge in [-0.05, 0) is 34.4 Å². The summed E-state index contributed by atoms with van der Waals surface area (Å²) in [7, 11) is 1.30. The smallest absolute Gasteiger partial charge is 0.328 e. The quantitative estimate of drug-likeness (QED) is 0.294. The molecule has 4 rings (SSSR count). The summed E-state index contributed by atoms with van der Waals surface area (Å²) < 4.78 is 5.05. The number of carbonyl (C=O) groups is 2. The zero-order valence-electron chi connectivity index (χ0n) is 19.9. The van der Waals surface area contributed by atoms with Crippen molar-refractivity contribution in [2.24, 2.45) is 0 Å². The number of carbonyl (C=O) groups excluding carboxylic acids is 2. The molecule has 0 heterocycles. The lowest BCUT2D eigenvalue weighted by Crippen LogP contribution is -2.52. The molecule has 0 aliphatic rings. The third-order valence-electron chi connectivity index (χ3n) is 6.25. The van der Waals surface area contributed by atoms with Gasteiger partial charge in [-0.3, -0.25) is 4.79 Å². The van der Waals surface area contributed by atoms with Gasteiger partial charge in [0.15, 0.2) is 0 Å². The first kappa shape index (κ1) is 24.4. The standard InChI is InChI=1S/C31H26N2O3/c1-36-29(34)28(21-23-12-11-13-24(20-23)22-32)33-30(35)31(25-14-5-2-6-15-25,26-16-7-3-8-17-26)27-18-9-4-10-19-27/h2-20,28H,21H2,1H3,(H,33,35)/t28-/m0/s1. The fourth-order valence-corrected chi connectivity index (χ4v) is 4.56. The normalized spacial score (nSPS) is 11.7. The maximum atomic E-state index is 14.4. The van der Waals surface area contributed by atoms with Crippen LogP contribution >= 0.6 is 0 Å². The summed E-state index contributed by atoms with van der Waals surface area (Å²) in [4.78, 5) is 27.3. The third-order valence-corrected chi connectivity index (χ3v) is 6.25. The lowest BCUT2D eigenvalue weighted by atomic mass is 9.68. The van der Waals surface area contributed by atoms with Gasteiger partial charge < -0.3 is 10.1 Å². The molecule has 4 aromatic rings. The topological polar surface area (TPSA) is 79.2 Å². The average Bonchev–Trinajstić information content (AvgIpc) is 2.94. The van der Waals surface area contributed by atoms with Crippen molar-refractivity contribution < 1.29 is 14.3 Å². The van der Waals surface area contributed by atoms with Crippen LogP contribution in [0.2, 0.25) is 0 Å². The summed E-state index contributed by atoms with van der Waals surface area (Å²) in [5.74, 6) is -0.910. The number of esters is 1. The summed E-state index contributed by atoms with van der Waals surface area (Å²) in [5, 5.41) is 12.3. The van der Waals surface area contributed by atoms with Crippen LogP contribution in [0, 0.1) is 11.3 Å². The Kier molecular flexibility index (Phi) is 7.57. The number of nitriles is 1. The third kappa shape index (κ3) is 4.89. The maximum Gasteiger partial charge on any atom is 0.328 e. The van der Waals surface area contributed by atoms with Crippen molar-refractivity contribution in [3.8, 4) is 6.07 Å². The Morgan fingerprint density at radius 1 is 0.806 bits per heavy atom. The van der Waals surface area contributed by atoms with Crippen LogP contribution in [0.1, 0.15) is 27.8 Å². The summed E-state index contributed by atoms with van der Waals surface area (Å²) in [5.41, 5.74) is 2.33. The fourth-order valence-electron chi connectivity index (χ4n) is 4.56. The Bertz CT molecular complexity index is 1270. The molecule has 0 saturated heterocycles. The highest BCUT2D eigenvalue weighted by molar-refractivity contribution is 5.98. The van der Waals surface area contributed by atoms with E-state index in [9.17, 15) is 14.9 Å². The molecule has 0 unspecified atom stereocenters. The van der Waals surface area contributed by atoms with Crippen molar-refractivity contribution in [1.29, 1.82) is 5.26 Å². The van der Waals surface area contributed by atoms with E-state index in [-0.39, 0.29) is 12.3 Å². The average molecular weight is 475 g/mol. The van der Waals surface area contributed by atoms with Gasteiger partial charge in [0.1, 0.15) is 11.5 Å². The number of nitrogens with one attached hydrogen (secondary N) is 1. The summed E-state index contributed by atoms with van der Waals surface area (Å²) in [6.45, 7) is 0. The van der Waals surface area contributed by atoms with Crippen molar-refractivity contribution in [3.05, 3.63) is 143 Å². The Morgan fingerprint density at radius 3 is 1.75 bits per heavy atom. The van der Waals surface area contributed by atoms with Gasteiger partial charge >= 0.3 is 5.97 Å². The van der Waals surface area contributed by atoms with Crippen LogP contribution in [-0.4, -0.2) is 25.0 Å². The van der Waals surface area contributed by atoms with E-state index in [2.05, 4.69) is 11.4 Å². The van der Waals surface area contributed by atoms with Crippen LogP contribution in [0.25, 0.3) is 0 Å². The summed E-state index contributed by atoms with van der Waals surface area (Å²) in [6, 6.07) is 36.8. The van der Waals surface area contributed by atoms with E-state index in [0.717, 1.165) is 22.3 Å². The van der Waals surface area contributed by atoms with Gasteiger partial charge in [0.25, 0.3) is 0 Å². The van der Waals surface area contributed by atoms with E-state index in [1.807, 2.05) is 97.1 Å². The van der Waals surface area contributed by atoms with Gasteiger partial charge in [0, 0.05) is 6.42 Å². The van der Waals surface area contributed by atoms with Gasteiger partial charge in [0.05, 0.1) is 18.7 Å². The number of amides is 1. The van der Waals surface area contributed by atoms with Crippen LogP contribution in [0.5, 0.6) is 0 Å². The van der Waals surface area contributed by atoms with Crippen LogP contribution < -0.4 is 5.32 Å². The summed E-state index contributed by atoms with van der Waals surface area (Å²) in [6.07, 6.45) is 0.183. The first-order chi connectivity index (χ1) is 17.6. The van der Waals surface area contributed by atoms with Crippen molar-refractivity contribution >= 4 is 11.9 Å². The minimum atomic E-state index is -1.22. The fraction of sp³-hybridized carbons (Fsp3) is 0.129. The van der Waals surface area contributed by atoms with Crippen LogP contribution in [0.4, 0.5) is 0 Å². The molecule has 0 aliphatic heterocycles. The van der Waals surface area contributed by atoms with E-state index in [1.54, 1.807) is 18.2 Å². The number of benzene rings is 4. The molecule has 0 aromatic heterocycles. The molecule has 4 aromatic carbocycles. The molecule has 178 valence electrons. The Morgan fingerprint density at radius 2 is 1.31 bits per heavy atom. The lowest BCUT2D eigenvalue weighted by Gasteiger charge is -2.35. The van der Waals surface area contributed by atoms with Crippen molar-refractivity contribution in [2.45, 2.75) is 17.9 Å². The van der Waals surface area contributed by atoms with Gasteiger partial charge in [0.2, 0.25) is 5.91 Å². The molecule has 1 N–H and O–H groups in total. The highest BCUT2D eigenvalue weighted by atomic mass is 16.5.